The second kappa shape index (κ2) is 306. The predicted molar refractivity (Wildman–Crippen MR) is 40.3 cm³/mol. The van der Waals surface area contributed by atoms with Crippen molar-refractivity contribution in [2.75, 3.05) is 0 Å². The molecule has 1 radical (unpaired) electrons. The van der Waals surface area contributed by atoms with E-state index in [1.165, 1.54) is 0 Å². The molecule has 0 fully saturated rings. The second-order valence-corrected chi connectivity index (χ2v) is 0. The van der Waals surface area contributed by atoms with Crippen LogP contribution in [0.5, 0.6) is 0 Å². The minimum Gasteiger partial charge on any atom is -0.346 e. The molecule has 0 spiro atoms. The van der Waals surface area contributed by atoms with Crippen molar-refractivity contribution >= 4 is 12.4 Å². The first-order valence-electron chi connectivity index (χ1n) is 2.12. The summed E-state index contributed by atoms with van der Waals surface area (Å²) in [6.45, 7) is 15.0. The SMILES string of the molecule is Cl.[CH2-]C.[CH2-]C.[CH2-]C.[Zr+3]. The first-order valence-corrected chi connectivity index (χ1v) is 2.12. The van der Waals surface area contributed by atoms with Gasteiger partial charge in [0.05, 0.1) is 0 Å². The Labute approximate surface area is 80.0 Å². The second-order valence-electron chi connectivity index (χ2n) is 0. The Balaban J connectivity index is -0.00000000500. The normalized spacial score (nSPS) is 2.25. The topological polar surface area (TPSA) is 0 Å². The summed E-state index contributed by atoms with van der Waals surface area (Å²) >= 11 is 0. The van der Waals surface area contributed by atoms with E-state index in [1.807, 2.05) is 0 Å². The molecule has 0 saturated carbocycles. The van der Waals surface area contributed by atoms with Gasteiger partial charge in [-0.15, -0.1) is 12.4 Å². The van der Waals surface area contributed by atoms with Gasteiger partial charge in [0.25, 0.3) is 0 Å². The van der Waals surface area contributed by atoms with Crippen molar-refractivity contribution in [3.8, 4) is 0 Å². The van der Waals surface area contributed by atoms with Crippen LogP contribution in [0, 0.1) is 20.8 Å². The van der Waals surface area contributed by atoms with Gasteiger partial charge in [-0.1, -0.05) is 0 Å². The number of hydrogen-bond acceptors (Lipinski definition) is 0. The van der Waals surface area contributed by atoms with Crippen molar-refractivity contribution in [1.29, 1.82) is 0 Å². The van der Waals surface area contributed by atoms with Crippen molar-refractivity contribution in [3.63, 3.8) is 0 Å². The molecule has 0 aromatic carbocycles. The van der Waals surface area contributed by atoms with Crippen LogP contribution >= 0.6 is 12.4 Å². The van der Waals surface area contributed by atoms with E-state index in [0.717, 1.165) is 0 Å². The van der Waals surface area contributed by atoms with Crippen molar-refractivity contribution in [2.24, 2.45) is 0 Å². The summed E-state index contributed by atoms with van der Waals surface area (Å²) in [7, 11) is 0. The minimum absolute atomic E-state index is 0. The Morgan fingerprint density at radius 2 is 0.625 bits per heavy atom. The fourth-order valence-corrected chi connectivity index (χ4v) is 0. The average molecular weight is 215 g/mol. The predicted octanol–water partition coefficient (Wildman–Crippen LogP) is 2.94. The number of hydrogen-bond donors (Lipinski definition) is 0. The molecule has 0 N–H and O–H groups in total. The van der Waals surface area contributed by atoms with E-state index < -0.39 is 0 Å². The zero-order valence-electron chi connectivity index (χ0n) is 6.03. The third kappa shape index (κ3) is 199. The zero-order valence-corrected chi connectivity index (χ0v) is 9.30. The minimum atomic E-state index is 0. The smallest absolute Gasteiger partial charge is 0.346 e. The average Bonchev–Trinajstić information content (AvgIpc) is 1.81. The third-order valence-electron chi connectivity index (χ3n) is 0. The Kier molecular flexibility index (Phi) is 1340. The molecule has 0 aliphatic carbocycles. The van der Waals surface area contributed by atoms with Crippen LogP contribution in [-0.4, -0.2) is 0 Å². The molecule has 0 heterocycles. The van der Waals surface area contributed by atoms with E-state index in [1.54, 1.807) is 20.8 Å². The molecular weight excluding hydrogens is 199 g/mol. The summed E-state index contributed by atoms with van der Waals surface area (Å²) in [4.78, 5) is 0. The van der Waals surface area contributed by atoms with Crippen LogP contribution in [0.2, 0.25) is 0 Å². The van der Waals surface area contributed by atoms with Crippen LogP contribution in [-0.2, 0) is 26.2 Å². The summed E-state index contributed by atoms with van der Waals surface area (Å²) in [6, 6.07) is 0. The molecule has 51 valence electrons. The third-order valence-corrected chi connectivity index (χ3v) is 0. The molecule has 0 nitrogen and oxygen atoms in total. The van der Waals surface area contributed by atoms with Gasteiger partial charge in [0, 0.05) is 0 Å². The number of halogens is 1. The molecule has 0 unspecified atom stereocenters. The molecule has 0 amide bonds. The molecule has 0 saturated heterocycles. The van der Waals surface area contributed by atoms with E-state index in [4.69, 9.17) is 0 Å². The summed E-state index contributed by atoms with van der Waals surface area (Å²) in [5.74, 6) is 0. The van der Waals surface area contributed by atoms with Crippen LogP contribution < -0.4 is 0 Å². The molecule has 0 aliphatic heterocycles. The standard InChI is InChI=1S/3C2H5.ClH.Zr/c3*1-2;;/h3*1H2,2H3;1H;/q3*-1;;+3. The summed E-state index contributed by atoms with van der Waals surface area (Å²) in [6.07, 6.45) is 0. The van der Waals surface area contributed by atoms with Crippen LogP contribution in [0.3, 0.4) is 0 Å². The van der Waals surface area contributed by atoms with Crippen molar-refractivity contribution < 1.29 is 26.2 Å². The summed E-state index contributed by atoms with van der Waals surface area (Å²) in [5.41, 5.74) is 0. The van der Waals surface area contributed by atoms with Gasteiger partial charge in [0.2, 0.25) is 0 Å². The van der Waals surface area contributed by atoms with E-state index in [0.29, 0.717) is 0 Å². The van der Waals surface area contributed by atoms with Crippen LogP contribution in [0.4, 0.5) is 0 Å². The molecule has 0 aromatic heterocycles. The molecule has 0 bridgehead atoms. The Hall–Kier alpha value is 1.17. The molecule has 0 aliphatic rings. The Morgan fingerprint density at radius 1 is 0.625 bits per heavy atom. The Morgan fingerprint density at radius 3 is 0.625 bits per heavy atom. The van der Waals surface area contributed by atoms with Gasteiger partial charge in [0.15, 0.2) is 0 Å². The fraction of sp³-hybridized carbons (Fsp3) is 0.500. The number of rotatable bonds is 0. The summed E-state index contributed by atoms with van der Waals surface area (Å²) in [5, 5.41) is 0. The van der Waals surface area contributed by atoms with Crippen molar-refractivity contribution in [2.45, 2.75) is 20.8 Å². The van der Waals surface area contributed by atoms with Crippen molar-refractivity contribution in [1.82, 2.24) is 0 Å². The van der Waals surface area contributed by atoms with Gasteiger partial charge in [-0.2, -0.15) is 20.8 Å². The van der Waals surface area contributed by atoms with Gasteiger partial charge in [-0.3, -0.25) is 0 Å². The maximum atomic E-state index is 3.25. The van der Waals surface area contributed by atoms with Crippen LogP contribution in [0.1, 0.15) is 20.8 Å². The Bertz CT molecular complexity index is 8.49. The van der Waals surface area contributed by atoms with Gasteiger partial charge in [0.1, 0.15) is 0 Å². The van der Waals surface area contributed by atoms with E-state index >= 15 is 0 Å². The molecule has 0 aromatic rings. The largest absolute Gasteiger partial charge is 3.00 e. The van der Waals surface area contributed by atoms with Crippen LogP contribution in [0.15, 0.2) is 0 Å². The molecule has 8 heavy (non-hydrogen) atoms. The quantitative estimate of drug-likeness (QED) is 0.544. The van der Waals surface area contributed by atoms with Crippen molar-refractivity contribution in [3.05, 3.63) is 20.8 Å². The monoisotopic (exact) mass is 213 g/mol. The molecule has 0 rings (SSSR count). The van der Waals surface area contributed by atoms with E-state index in [2.05, 4.69) is 20.8 Å². The summed E-state index contributed by atoms with van der Waals surface area (Å²) < 4.78 is 0. The van der Waals surface area contributed by atoms with Gasteiger partial charge in [-0.05, 0) is 0 Å². The van der Waals surface area contributed by atoms with E-state index in [-0.39, 0.29) is 38.6 Å². The maximum absolute atomic E-state index is 3.25. The van der Waals surface area contributed by atoms with E-state index in [9.17, 15) is 0 Å². The first-order chi connectivity index (χ1) is 3.00. The van der Waals surface area contributed by atoms with Gasteiger partial charge >= 0.3 is 26.2 Å². The van der Waals surface area contributed by atoms with Gasteiger partial charge < -0.3 is 20.8 Å². The zero-order chi connectivity index (χ0) is 6.00. The molecule has 0 atom stereocenters. The molecule has 2 heteroatoms. The first kappa shape index (κ1) is 35.2. The van der Waals surface area contributed by atoms with Gasteiger partial charge in [-0.25, -0.2) is 0 Å². The fourth-order valence-electron chi connectivity index (χ4n) is 0. The maximum Gasteiger partial charge on any atom is 3.00 e. The van der Waals surface area contributed by atoms with Crippen LogP contribution in [0.25, 0.3) is 0 Å². The molecular formula is C6H16ClZr.